The molecule has 37 heavy (non-hydrogen) atoms. The number of hydrogen-bond acceptors (Lipinski definition) is 6. The standard InChI is InChI=1S/C31H42N2O4/c1-5-6-7-9-12-30(33-19-10-8-11-20-33)36-29-21-26(35-23(2)3)17-18-27(29)31-28(22-32-37-31)24-13-15-25(34-4)16-14-24/h13-18,21-23,30H,5-12,19-20H2,1-4H3. The molecule has 0 spiro atoms. The third kappa shape index (κ3) is 7.29. The van der Waals surface area contributed by atoms with Crippen LogP contribution in [-0.2, 0) is 0 Å². The van der Waals surface area contributed by atoms with Gasteiger partial charge in [0.2, 0.25) is 0 Å². The van der Waals surface area contributed by atoms with Gasteiger partial charge in [-0.15, -0.1) is 0 Å². The van der Waals surface area contributed by atoms with Crippen LogP contribution in [0.25, 0.3) is 22.5 Å². The minimum absolute atomic E-state index is 0.0255. The molecule has 0 N–H and O–H groups in total. The number of likely N-dealkylation sites (tertiary alicyclic amines) is 1. The van der Waals surface area contributed by atoms with Gasteiger partial charge in [0, 0.05) is 24.7 Å². The van der Waals surface area contributed by atoms with Crippen molar-refractivity contribution < 1.29 is 18.7 Å². The van der Waals surface area contributed by atoms with Gasteiger partial charge in [0.05, 0.1) is 25.0 Å². The Bertz CT molecular complexity index is 1090. The molecule has 2 heterocycles. The van der Waals surface area contributed by atoms with Crippen molar-refractivity contribution in [2.24, 2.45) is 0 Å². The van der Waals surface area contributed by atoms with Gasteiger partial charge in [-0.05, 0) is 69.4 Å². The van der Waals surface area contributed by atoms with Gasteiger partial charge >= 0.3 is 0 Å². The number of piperidine rings is 1. The lowest BCUT2D eigenvalue weighted by molar-refractivity contribution is 0.00487. The number of benzene rings is 2. The predicted molar refractivity (Wildman–Crippen MR) is 148 cm³/mol. The molecule has 6 heteroatoms. The van der Waals surface area contributed by atoms with E-state index in [1.54, 1.807) is 13.3 Å². The van der Waals surface area contributed by atoms with Gasteiger partial charge in [0.15, 0.2) is 12.0 Å². The average Bonchev–Trinajstić information content (AvgIpc) is 3.40. The molecule has 3 aromatic rings. The molecule has 1 aliphatic rings. The molecule has 4 rings (SSSR count). The molecule has 1 fully saturated rings. The van der Waals surface area contributed by atoms with Crippen LogP contribution in [0.5, 0.6) is 17.2 Å². The summed E-state index contributed by atoms with van der Waals surface area (Å²) in [7, 11) is 1.67. The lowest BCUT2D eigenvalue weighted by Crippen LogP contribution is -2.42. The molecule has 1 saturated heterocycles. The number of ether oxygens (including phenoxy) is 3. The summed E-state index contributed by atoms with van der Waals surface area (Å²) in [6.45, 7) is 8.49. The molecule has 6 nitrogen and oxygen atoms in total. The summed E-state index contributed by atoms with van der Waals surface area (Å²) in [5.41, 5.74) is 2.81. The summed E-state index contributed by atoms with van der Waals surface area (Å²) >= 11 is 0. The highest BCUT2D eigenvalue weighted by atomic mass is 16.5. The second kappa shape index (κ2) is 13.5. The lowest BCUT2D eigenvalue weighted by Gasteiger charge is -2.35. The van der Waals surface area contributed by atoms with Gasteiger partial charge in [-0.2, -0.15) is 0 Å². The largest absolute Gasteiger partial charge is 0.497 e. The highest BCUT2D eigenvalue weighted by Crippen LogP contribution is 2.40. The monoisotopic (exact) mass is 506 g/mol. The fourth-order valence-corrected chi connectivity index (χ4v) is 4.96. The van der Waals surface area contributed by atoms with E-state index in [0.717, 1.165) is 59.9 Å². The maximum atomic E-state index is 6.88. The third-order valence-electron chi connectivity index (χ3n) is 6.91. The smallest absolute Gasteiger partial charge is 0.178 e. The Morgan fingerprint density at radius 3 is 2.35 bits per heavy atom. The van der Waals surface area contributed by atoms with Crippen LogP contribution < -0.4 is 14.2 Å². The Kier molecular flexibility index (Phi) is 9.89. The van der Waals surface area contributed by atoms with E-state index in [1.807, 2.05) is 56.3 Å². The van der Waals surface area contributed by atoms with E-state index in [0.29, 0.717) is 5.76 Å². The first-order valence-corrected chi connectivity index (χ1v) is 13.9. The first-order valence-electron chi connectivity index (χ1n) is 13.9. The fraction of sp³-hybridized carbons (Fsp3) is 0.516. The van der Waals surface area contributed by atoms with Gasteiger partial charge in [-0.1, -0.05) is 49.9 Å². The first-order chi connectivity index (χ1) is 18.1. The minimum Gasteiger partial charge on any atom is -0.497 e. The molecular formula is C31H42N2O4. The molecule has 0 amide bonds. The molecular weight excluding hydrogens is 464 g/mol. The number of hydrogen-bond donors (Lipinski definition) is 0. The van der Waals surface area contributed by atoms with Crippen LogP contribution in [0.15, 0.2) is 53.2 Å². The Labute approximate surface area is 221 Å². The number of unbranched alkanes of at least 4 members (excludes halogenated alkanes) is 3. The number of rotatable bonds is 13. The van der Waals surface area contributed by atoms with Gasteiger partial charge < -0.3 is 18.7 Å². The van der Waals surface area contributed by atoms with E-state index in [9.17, 15) is 0 Å². The van der Waals surface area contributed by atoms with Crippen LogP contribution in [0.1, 0.15) is 72.1 Å². The number of methoxy groups -OCH3 is 1. The van der Waals surface area contributed by atoms with Gasteiger partial charge in [-0.25, -0.2) is 0 Å². The predicted octanol–water partition coefficient (Wildman–Crippen LogP) is 7.97. The second-order valence-corrected chi connectivity index (χ2v) is 10.1. The van der Waals surface area contributed by atoms with E-state index >= 15 is 0 Å². The molecule has 200 valence electrons. The van der Waals surface area contributed by atoms with Crippen molar-refractivity contribution >= 4 is 0 Å². The van der Waals surface area contributed by atoms with Crippen molar-refractivity contribution in [3.63, 3.8) is 0 Å². The second-order valence-electron chi connectivity index (χ2n) is 10.1. The number of aromatic nitrogens is 1. The van der Waals surface area contributed by atoms with E-state index in [2.05, 4.69) is 17.0 Å². The summed E-state index contributed by atoms with van der Waals surface area (Å²) < 4.78 is 24.1. The van der Waals surface area contributed by atoms with Crippen LogP contribution in [0.2, 0.25) is 0 Å². The van der Waals surface area contributed by atoms with E-state index < -0.39 is 0 Å². The molecule has 1 atom stereocenters. The Hall–Kier alpha value is -2.99. The van der Waals surface area contributed by atoms with Crippen molar-refractivity contribution in [1.82, 2.24) is 10.1 Å². The zero-order valence-corrected chi connectivity index (χ0v) is 22.9. The van der Waals surface area contributed by atoms with E-state index in [1.165, 1.54) is 38.5 Å². The molecule has 2 aromatic carbocycles. The quantitative estimate of drug-likeness (QED) is 0.219. The van der Waals surface area contributed by atoms with E-state index in [-0.39, 0.29) is 12.3 Å². The summed E-state index contributed by atoms with van der Waals surface area (Å²) in [6.07, 6.45) is 11.5. The average molecular weight is 507 g/mol. The zero-order valence-electron chi connectivity index (χ0n) is 22.9. The van der Waals surface area contributed by atoms with Gasteiger partial charge in [-0.3, -0.25) is 4.90 Å². The zero-order chi connectivity index (χ0) is 26.0. The Morgan fingerprint density at radius 1 is 0.892 bits per heavy atom. The van der Waals surface area contributed by atoms with Crippen LogP contribution in [0.4, 0.5) is 0 Å². The molecule has 1 unspecified atom stereocenters. The summed E-state index contributed by atoms with van der Waals surface area (Å²) in [6, 6.07) is 14.0. The number of nitrogens with zero attached hydrogens (tertiary/aromatic N) is 2. The summed E-state index contributed by atoms with van der Waals surface area (Å²) in [5.74, 6) is 3.08. The van der Waals surface area contributed by atoms with Crippen LogP contribution >= 0.6 is 0 Å². The molecule has 1 aromatic heterocycles. The van der Waals surface area contributed by atoms with Crippen LogP contribution in [-0.4, -0.2) is 42.6 Å². The van der Waals surface area contributed by atoms with Crippen molar-refractivity contribution in [1.29, 1.82) is 0 Å². The van der Waals surface area contributed by atoms with Crippen LogP contribution in [0.3, 0.4) is 0 Å². The fourth-order valence-electron chi connectivity index (χ4n) is 4.96. The first kappa shape index (κ1) is 27.1. The van der Waals surface area contributed by atoms with Crippen molar-refractivity contribution in [2.75, 3.05) is 20.2 Å². The van der Waals surface area contributed by atoms with Crippen molar-refractivity contribution in [3.8, 4) is 39.7 Å². The highest BCUT2D eigenvalue weighted by Gasteiger charge is 2.25. The van der Waals surface area contributed by atoms with E-state index in [4.69, 9.17) is 18.7 Å². The maximum absolute atomic E-state index is 6.88. The van der Waals surface area contributed by atoms with Gasteiger partial charge in [0.25, 0.3) is 0 Å². The topological polar surface area (TPSA) is 57.0 Å². The Balaban J connectivity index is 1.68. The highest BCUT2D eigenvalue weighted by molar-refractivity contribution is 5.82. The van der Waals surface area contributed by atoms with Gasteiger partial charge in [0.1, 0.15) is 17.2 Å². The molecule has 0 saturated carbocycles. The summed E-state index contributed by atoms with van der Waals surface area (Å²) in [5, 5.41) is 4.16. The lowest BCUT2D eigenvalue weighted by atomic mass is 10.0. The third-order valence-corrected chi connectivity index (χ3v) is 6.91. The molecule has 0 radical (unpaired) electrons. The summed E-state index contributed by atoms with van der Waals surface area (Å²) in [4.78, 5) is 2.51. The van der Waals surface area contributed by atoms with Crippen LogP contribution in [0, 0.1) is 0 Å². The minimum atomic E-state index is 0.0255. The van der Waals surface area contributed by atoms with Crippen molar-refractivity contribution in [3.05, 3.63) is 48.7 Å². The molecule has 1 aliphatic heterocycles. The SMILES string of the molecule is CCCCCCC(Oc1cc(OC(C)C)ccc1-c1oncc1-c1ccc(OC)cc1)N1CCCCC1. The molecule has 0 aliphatic carbocycles. The maximum Gasteiger partial charge on any atom is 0.178 e. The normalized spacial score (nSPS) is 15.1. The Morgan fingerprint density at radius 2 is 1.65 bits per heavy atom. The molecule has 0 bridgehead atoms. The van der Waals surface area contributed by atoms with Crippen molar-refractivity contribution in [2.45, 2.75) is 84.5 Å².